The van der Waals surface area contributed by atoms with Gasteiger partial charge < -0.3 is 9.84 Å². The molecule has 1 N–H and O–H groups in total. The Morgan fingerprint density at radius 2 is 1.22 bits per heavy atom. The second kappa shape index (κ2) is 28.5. The monoisotopic (exact) mass is 1040 g/mol. The van der Waals surface area contributed by atoms with Crippen molar-refractivity contribution in [3.8, 4) is 0 Å². The zero-order valence-electron chi connectivity index (χ0n) is 28.9. The van der Waals surface area contributed by atoms with E-state index in [-0.39, 0.29) is 5.78 Å². The van der Waals surface area contributed by atoms with Crippen LogP contribution in [0.5, 0.6) is 0 Å². The standard InChI is InChI=1S/C12H10BrNO.C12H8BrNO.C7H5O.C5H3Br2N.C4H8O.Cr.3O/c2*13-11-8-4-7-10(14-11)12(15)9-5-2-1-3-6-9;8-6-7-4-2-1-3-5-7;6-4-2-1-3-5(7)8-4;1-2-4-5-3-1;;;;/h1-8,12,15H;1-8H;1-2,4-6H;1-3H;1-4H2;;;;/q;;+1;;;;;;. The first-order chi connectivity index (χ1) is 26.5. The second-order valence-corrected chi connectivity index (χ2v) is 14.4. The fourth-order valence-electron chi connectivity index (χ4n) is 4.03. The average molecular weight is 1040 g/mol. The molecule has 3 aromatic heterocycles. The Morgan fingerprint density at radius 3 is 1.64 bits per heavy atom. The molecule has 0 saturated carbocycles. The van der Waals surface area contributed by atoms with Crippen LogP contribution in [-0.4, -0.2) is 45.3 Å². The third kappa shape index (κ3) is 21.7. The molecule has 0 spiro atoms. The van der Waals surface area contributed by atoms with Gasteiger partial charge in [-0.25, -0.2) is 15.0 Å². The topological polar surface area (TPSA) is 153 Å². The van der Waals surface area contributed by atoms with Gasteiger partial charge in [0.1, 0.15) is 47.9 Å². The van der Waals surface area contributed by atoms with Crippen LogP contribution in [0.15, 0.2) is 164 Å². The fourth-order valence-corrected chi connectivity index (χ4v) is 5.66. The van der Waals surface area contributed by atoms with Gasteiger partial charge >= 0.3 is 25.4 Å². The van der Waals surface area contributed by atoms with Gasteiger partial charge in [-0.3, -0.25) is 9.59 Å². The number of benzene rings is 2. The number of carbonyl (C=O) groups excluding carboxylic acids is 2. The maximum atomic E-state index is 11.9. The van der Waals surface area contributed by atoms with Crippen LogP contribution in [0, 0.1) is 6.08 Å². The summed E-state index contributed by atoms with van der Waals surface area (Å²) in [6, 6.07) is 35.1. The van der Waals surface area contributed by atoms with E-state index in [2.05, 4.69) is 84.7 Å². The number of aromatic nitrogens is 3. The molecule has 10 nitrogen and oxygen atoms in total. The first-order valence-corrected chi connectivity index (χ1v) is 20.8. The van der Waals surface area contributed by atoms with E-state index in [1.807, 2.05) is 84.9 Å². The summed E-state index contributed by atoms with van der Waals surface area (Å²) in [6.45, 7) is 2.00. The van der Waals surface area contributed by atoms with Crippen LogP contribution >= 0.6 is 63.7 Å². The van der Waals surface area contributed by atoms with E-state index < -0.39 is 20.1 Å². The van der Waals surface area contributed by atoms with E-state index in [1.165, 1.54) is 12.8 Å². The summed E-state index contributed by atoms with van der Waals surface area (Å²) in [7, 11) is 0. The molecule has 15 heteroatoms. The van der Waals surface area contributed by atoms with Crippen molar-refractivity contribution >= 4 is 75.8 Å². The molecule has 1 saturated heterocycles. The summed E-state index contributed by atoms with van der Waals surface area (Å²) >= 11 is 9.17. The minimum absolute atomic E-state index is 0.0584. The van der Waals surface area contributed by atoms with Crippen LogP contribution in [0.1, 0.15) is 46.3 Å². The summed E-state index contributed by atoms with van der Waals surface area (Å²) in [5, 5.41) is 10.0. The third-order valence-corrected chi connectivity index (χ3v) is 8.26. The number of aliphatic hydroxyl groups excluding tert-OH is 1. The summed E-state index contributed by atoms with van der Waals surface area (Å²) in [4.78, 5) is 34.2. The molecule has 55 heavy (non-hydrogen) atoms. The summed E-state index contributed by atoms with van der Waals surface area (Å²) in [6.07, 6.45) is 12.4. The molecule has 1 aliphatic heterocycles. The number of nitrogens with zero attached hydrogens (tertiary/aromatic N) is 3. The fraction of sp³-hybridized carbons (Fsp3) is 0.125. The molecular formula is C40H34Br4CrN3O7+. The van der Waals surface area contributed by atoms with Crippen LogP contribution in [0.4, 0.5) is 0 Å². The Balaban J connectivity index is 0.000000243. The number of ether oxygens (including phenoxy) is 1. The van der Waals surface area contributed by atoms with Gasteiger partial charge in [0.25, 0.3) is 0 Å². The number of allylic oxidation sites excluding steroid dienone is 6. The van der Waals surface area contributed by atoms with Gasteiger partial charge in [0.05, 0.1) is 11.8 Å². The maximum absolute atomic E-state index is 11.9. The number of aliphatic hydroxyl groups is 1. The summed E-state index contributed by atoms with van der Waals surface area (Å²) < 4.78 is 33.7. The molecule has 4 heterocycles. The van der Waals surface area contributed by atoms with Gasteiger partial charge in [0, 0.05) is 30.9 Å². The SMILES string of the molecule is Brc1cccc(Br)n1.C1CCOC1.O=C(c1ccccc1)c1cccc(Br)n1.O=CC1=CC=C[C+]=C1.OC(c1ccccc1)c1cccc(Br)n1.[O]=[Cr](=[O])=[O]. The van der Waals surface area contributed by atoms with Gasteiger partial charge in [0.2, 0.25) is 12.1 Å². The molecular weight excluding hydrogens is 1010 g/mol. The predicted octanol–water partition coefficient (Wildman–Crippen LogP) is 10.1. The van der Waals surface area contributed by atoms with E-state index in [1.54, 1.807) is 54.6 Å². The van der Waals surface area contributed by atoms with Crippen molar-refractivity contribution in [3.63, 3.8) is 0 Å². The van der Waals surface area contributed by atoms with Crippen molar-refractivity contribution < 1.29 is 44.8 Å². The van der Waals surface area contributed by atoms with Gasteiger partial charge in [-0.2, -0.15) is 0 Å². The zero-order valence-corrected chi connectivity index (χ0v) is 36.5. The first kappa shape index (κ1) is 47.3. The number of aldehydes is 1. The molecule has 284 valence electrons. The Labute approximate surface area is 357 Å². The Hall–Kier alpha value is -3.87. The van der Waals surface area contributed by atoms with E-state index in [4.69, 9.17) is 16.1 Å². The van der Waals surface area contributed by atoms with Crippen molar-refractivity contribution in [1.29, 1.82) is 0 Å². The summed E-state index contributed by atoms with van der Waals surface area (Å²) in [5.41, 5.74) is 3.28. The molecule has 1 aliphatic carbocycles. The molecule has 1 unspecified atom stereocenters. The second-order valence-electron chi connectivity index (χ2n) is 10.5. The van der Waals surface area contributed by atoms with Crippen molar-refractivity contribution in [1.82, 2.24) is 15.0 Å². The number of pyridine rings is 3. The van der Waals surface area contributed by atoms with Crippen LogP contribution in [0.3, 0.4) is 0 Å². The van der Waals surface area contributed by atoms with Crippen molar-refractivity contribution in [2.75, 3.05) is 13.2 Å². The number of rotatable bonds is 5. The van der Waals surface area contributed by atoms with E-state index in [9.17, 15) is 14.7 Å². The Morgan fingerprint density at radius 1 is 0.709 bits per heavy atom. The van der Waals surface area contributed by atoms with Crippen LogP contribution in [0.25, 0.3) is 0 Å². The molecule has 1 fully saturated rings. The van der Waals surface area contributed by atoms with Crippen LogP contribution < -0.4 is 0 Å². The third-order valence-electron chi connectivity index (χ3n) is 6.49. The number of hydrogen-bond donors (Lipinski definition) is 1. The van der Waals surface area contributed by atoms with Gasteiger partial charge in [-0.05, 0) is 119 Å². The van der Waals surface area contributed by atoms with Crippen molar-refractivity contribution in [2.45, 2.75) is 18.9 Å². The Kier molecular flexibility index (Phi) is 24.5. The molecule has 2 aromatic carbocycles. The number of hydrogen-bond acceptors (Lipinski definition) is 10. The first-order valence-electron chi connectivity index (χ1n) is 16.1. The van der Waals surface area contributed by atoms with Gasteiger partial charge in [-0.1, -0.05) is 78.9 Å². The average Bonchev–Trinajstić information content (AvgIpc) is 3.80. The molecule has 0 radical (unpaired) electrons. The molecule has 0 amide bonds. The number of halogens is 4. The number of carbonyl (C=O) groups is 2. The zero-order chi connectivity index (χ0) is 40.3. The normalized spacial score (nSPS) is 12.2. The Bertz CT molecular complexity index is 2090. The molecule has 1 atom stereocenters. The van der Waals surface area contributed by atoms with Crippen LogP contribution in [0.2, 0.25) is 0 Å². The summed E-state index contributed by atoms with van der Waals surface area (Å²) in [5.74, 6) is -0.0584. The van der Waals surface area contributed by atoms with Gasteiger partial charge in [0.15, 0.2) is 0 Å². The molecule has 5 aromatic rings. The van der Waals surface area contributed by atoms with E-state index >= 15 is 0 Å². The van der Waals surface area contributed by atoms with E-state index in [0.29, 0.717) is 27.1 Å². The van der Waals surface area contributed by atoms with Crippen molar-refractivity contribution in [2.24, 2.45) is 0 Å². The van der Waals surface area contributed by atoms with E-state index in [0.717, 1.165) is 38.9 Å². The molecule has 0 bridgehead atoms. The quantitative estimate of drug-likeness (QED) is 0.0779. The molecule has 2 aliphatic rings. The van der Waals surface area contributed by atoms with Gasteiger partial charge in [-0.15, -0.1) is 0 Å². The predicted molar refractivity (Wildman–Crippen MR) is 217 cm³/mol. The number of ketones is 1. The van der Waals surface area contributed by atoms with Crippen LogP contribution in [-0.2, 0) is 34.9 Å². The van der Waals surface area contributed by atoms with Crippen molar-refractivity contribution in [3.05, 3.63) is 192 Å². The minimum atomic E-state index is -3.79. The molecule has 7 rings (SSSR count).